The first-order chi connectivity index (χ1) is 16.7. The molecule has 0 saturated carbocycles. The van der Waals surface area contributed by atoms with Crippen LogP contribution in [0.4, 0.5) is 5.82 Å². The van der Waals surface area contributed by atoms with E-state index in [0.29, 0.717) is 37.8 Å². The predicted octanol–water partition coefficient (Wildman–Crippen LogP) is 4.93. The maximum atomic E-state index is 6.23. The van der Waals surface area contributed by atoms with Crippen molar-refractivity contribution in [1.82, 2.24) is 19.7 Å². The molecule has 174 valence electrons. The maximum absolute atomic E-state index is 6.23. The molecule has 0 aliphatic rings. The molecule has 34 heavy (non-hydrogen) atoms. The number of rotatable bonds is 9. The molecule has 0 radical (unpaired) electrons. The maximum Gasteiger partial charge on any atom is 0.177 e. The van der Waals surface area contributed by atoms with E-state index in [1.807, 2.05) is 67.5 Å². The van der Waals surface area contributed by atoms with E-state index in [1.165, 1.54) is 0 Å². The molecular formula is C26H27N5O3. The summed E-state index contributed by atoms with van der Waals surface area (Å²) in [5.41, 5.74) is 9.57. The minimum absolute atomic E-state index is 0.0661. The highest BCUT2D eigenvalue weighted by atomic mass is 16.5. The lowest BCUT2D eigenvalue weighted by molar-refractivity contribution is -0.0183. The first-order valence-electron chi connectivity index (χ1n) is 11.4. The molecule has 0 amide bonds. The number of ether oxygens (including phenoxy) is 2. The van der Waals surface area contributed by atoms with Gasteiger partial charge in [0.25, 0.3) is 0 Å². The van der Waals surface area contributed by atoms with Crippen molar-refractivity contribution in [2.24, 2.45) is 0 Å². The number of nitrogen functional groups attached to an aromatic ring is 1. The third kappa shape index (κ3) is 4.25. The van der Waals surface area contributed by atoms with Gasteiger partial charge >= 0.3 is 0 Å². The van der Waals surface area contributed by atoms with E-state index in [0.717, 1.165) is 38.6 Å². The van der Waals surface area contributed by atoms with Crippen LogP contribution in [0.2, 0.25) is 0 Å². The lowest BCUT2D eigenvalue weighted by atomic mass is 10.0. The van der Waals surface area contributed by atoms with Crippen molar-refractivity contribution >= 4 is 27.6 Å². The molecule has 8 heteroatoms. The molecule has 2 N–H and O–H groups in total. The largest absolute Gasteiger partial charge is 0.452 e. The van der Waals surface area contributed by atoms with Crippen LogP contribution < -0.4 is 5.73 Å². The highest BCUT2D eigenvalue weighted by molar-refractivity contribution is 6.03. The van der Waals surface area contributed by atoms with Crippen LogP contribution in [0.5, 0.6) is 0 Å². The van der Waals surface area contributed by atoms with Crippen molar-refractivity contribution in [2.75, 3.05) is 25.6 Å². The molecular weight excluding hydrogens is 430 g/mol. The van der Waals surface area contributed by atoms with Crippen LogP contribution in [0.25, 0.3) is 44.2 Å². The Morgan fingerprint density at radius 3 is 2.82 bits per heavy atom. The fourth-order valence-electron chi connectivity index (χ4n) is 4.19. The van der Waals surface area contributed by atoms with E-state index in [9.17, 15) is 0 Å². The van der Waals surface area contributed by atoms with Crippen molar-refractivity contribution < 1.29 is 13.9 Å². The van der Waals surface area contributed by atoms with E-state index in [1.54, 1.807) is 12.4 Å². The van der Waals surface area contributed by atoms with Gasteiger partial charge in [0, 0.05) is 65.5 Å². The summed E-state index contributed by atoms with van der Waals surface area (Å²) in [6, 6.07) is 10.1. The average Bonchev–Trinajstić information content (AvgIpc) is 3.51. The topological polar surface area (TPSA) is 101 Å². The van der Waals surface area contributed by atoms with Crippen molar-refractivity contribution in [2.45, 2.75) is 26.5 Å². The second-order valence-electron chi connectivity index (χ2n) is 8.00. The van der Waals surface area contributed by atoms with Gasteiger partial charge in [-0.2, -0.15) is 5.10 Å². The lowest BCUT2D eigenvalue weighted by Gasteiger charge is -2.16. The Kier molecular flexibility index (Phi) is 6.24. The number of nitrogens with zero attached hydrogens (tertiary/aromatic N) is 4. The van der Waals surface area contributed by atoms with Gasteiger partial charge in [0.2, 0.25) is 0 Å². The Morgan fingerprint density at radius 2 is 1.97 bits per heavy atom. The van der Waals surface area contributed by atoms with E-state index in [4.69, 9.17) is 19.6 Å². The van der Waals surface area contributed by atoms with Crippen LogP contribution in [-0.4, -0.2) is 45.7 Å². The first-order valence-corrected chi connectivity index (χ1v) is 11.4. The van der Waals surface area contributed by atoms with Crippen molar-refractivity contribution in [1.29, 1.82) is 0 Å². The van der Waals surface area contributed by atoms with Gasteiger partial charge in [-0.05, 0) is 31.4 Å². The molecule has 1 aromatic carbocycles. The molecule has 1 atom stereocenters. The summed E-state index contributed by atoms with van der Waals surface area (Å²) in [5, 5.41) is 7.54. The molecule has 8 nitrogen and oxygen atoms in total. The van der Waals surface area contributed by atoms with Gasteiger partial charge in [-0.1, -0.05) is 18.2 Å². The second kappa shape index (κ2) is 9.62. The smallest absolute Gasteiger partial charge is 0.177 e. The van der Waals surface area contributed by atoms with Crippen LogP contribution in [0, 0.1) is 0 Å². The van der Waals surface area contributed by atoms with Gasteiger partial charge in [-0.25, -0.2) is 4.98 Å². The Labute approximate surface area is 197 Å². The van der Waals surface area contributed by atoms with Gasteiger partial charge in [-0.15, -0.1) is 0 Å². The zero-order valence-corrected chi connectivity index (χ0v) is 19.3. The summed E-state index contributed by atoms with van der Waals surface area (Å²) in [6.45, 7) is 6.35. The molecule has 0 bridgehead atoms. The van der Waals surface area contributed by atoms with Crippen molar-refractivity contribution in [3.63, 3.8) is 0 Å². The lowest BCUT2D eigenvalue weighted by Crippen LogP contribution is -2.26. The summed E-state index contributed by atoms with van der Waals surface area (Å²) in [6.07, 6.45) is 9.14. The number of pyridine rings is 2. The van der Waals surface area contributed by atoms with Crippen LogP contribution in [0.1, 0.15) is 13.8 Å². The van der Waals surface area contributed by atoms with Crippen LogP contribution >= 0.6 is 0 Å². The molecule has 4 heterocycles. The molecule has 0 spiro atoms. The second-order valence-corrected chi connectivity index (χ2v) is 8.00. The molecule has 0 aliphatic carbocycles. The number of benzene rings is 1. The van der Waals surface area contributed by atoms with E-state index in [2.05, 4.69) is 15.1 Å². The van der Waals surface area contributed by atoms with E-state index in [-0.39, 0.29) is 6.10 Å². The summed E-state index contributed by atoms with van der Waals surface area (Å²) in [4.78, 5) is 8.61. The van der Waals surface area contributed by atoms with Crippen LogP contribution in [0.3, 0.4) is 0 Å². The van der Waals surface area contributed by atoms with E-state index < -0.39 is 0 Å². The zero-order chi connectivity index (χ0) is 23.5. The Balaban J connectivity index is 1.52. The SMILES string of the molecule is CCOCC(Cn1cc(-c2cnc(N)c3oc(-c4cccc5cnccc45)cc23)cn1)OCC. The minimum Gasteiger partial charge on any atom is -0.452 e. The molecule has 0 saturated heterocycles. The Bertz CT molecular complexity index is 1420. The van der Waals surface area contributed by atoms with Crippen molar-refractivity contribution in [3.8, 4) is 22.5 Å². The Morgan fingerprint density at radius 1 is 1.06 bits per heavy atom. The first kappa shape index (κ1) is 22.1. The Hall–Kier alpha value is -3.75. The summed E-state index contributed by atoms with van der Waals surface area (Å²) < 4.78 is 19.5. The molecule has 4 aromatic heterocycles. The predicted molar refractivity (Wildman–Crippen MR) is 132 cm³/mol. The summed E-state index contributed by atoms with van der Waals surface area (Å²) in [5.74, 6) is 1.08. The number of aromatic nitrogens is 4. The third-order valence-corrected chi connectivity index (χ3v) is 5.78. The normalized spacial score (nSPS) is 12.5. The quantitative estimate of drug-likeness (QED) is 0.335. The summed E-state index contributed by atoms with van der Waals surface area (Å²) >= 11 is 0. The fraction of sp³-hybridized carbons (Fsp3) is 0.269. The van der Waals surface area contributed by atoms with Gasteiger partial charge in [0.1, 0.15) is 11.9 Å². The standard InChI is InChI=1S/C26H27N5O3/c1-3-32-16-19(33-4-2)15-31-14-18(12-30-31)23-13-29-26(27)25-22(23)10-24(34-25)21-7-5-6-17-11-28-9-8-20(17)21/h5-14,19H,3-4,15-16H2,1-2H3,(H2,27,29). The van der Waals surface area contributed by atoms with E-state index >= 15 is 0 Å². The van der Waals surface area contributed by atoms with Crippen LogP contribution in [-0.2, 0) is 16.0 Å². The zero-order valence-electron chi connectivity index (χ0n) is 19.3. The monoisotopic (exact) mass is 457 g/mol. The molecule has 5 aromatic rings. The number of hydrogen-bond donors (Lipinski definition) is 1. The minimum atomic E-state index is -0.0661. The number of hydrogen-bond acceptors (Lipinski definition) is 7. The average molecular weight is 458 g/mol. The number of nitrogens with two attached hydrogens (primary N) is 1. The highest BCUT2D eigenvalue weighted by Crippen LogP contribution is 2.38. The van der Waals surface area contributed by atoms with Gasteiger partial charge in [0.15, 0.2) is 11.4 Å². The van der Waals surface area contributed by atoms with Crippen LogP contribution in [0.15, 0.2) is 65.7 Å². The molecule has 1 unspecified atom stereocenters. The third-order valence-electron chi connectivity index (χ3n) is 5.78. The molecule has 0 fully saturated rings. The van der Waals surface area contributed by atoms with Gasteiger partial charge in [-0.3, -0.25) is 9.67 Å². The summed E-state index contributed by atoms with van der Waals surface area (Å²) in [7, 11) is 0. The molecule has 0 aliphatic heterocycles. The number of anilines is 1. The van der Waals surface area contributed by atoms with Gasteiger partial charge < -0.3 is 19.6 Å². The van der Waals surface area contributed by atoms with Gasteiger partial charge in [0.05, 0.1) is 19.3 Å². The van der Waals surface area contributed by atoms with Crippen molar-refractivity contribution in [3.05, 3.63) is 61.3 Å². The molecule has 5 rings (SSSR count). The number of furan rings is 1. The highest BCUT2D eigenvalue weighted by Gasteiger charge is 2.18. The number of fused-ring (bicyclic) bond motifs is 2. The fourth-order valence-corrected chi connectivity index (χ4v) is 4.19.